The van der Waals surface area contributed by atoms with E-state index in [0.29, 0.717) is 11.4 Å². The normalized spacial score (nSPS) is 13.8. The molecule has 106 valence electrons. The molecule has 0 N–H and O–H groups in total. The zero-order valence-electron chi connectivity index (χ0n) is 11.7. The Kier molecular flexibility index (Phi) is 3.69. The van der Waals surface area contributed by atoms with Crippen LogP contribution >= 0.6 is 22.9 Å². The van der Waals surface area contributed by atoms with Crippen molar-refractivity contribution < 1.29 is 4.79 Å². The third kappa shape index (κ3) is 2.31. The van der Waals surface area contributed by atoms with Crippen LogP contribution in [0.5, 0.6) is 0 Å². The Morgan fingerprint density at radius 2 is 2.30 bits per heavy atom. The van der Waals surface area contributed by atoms with E-state index in [-0.39, 0.29) is 5.78 Å². The summed E-state index contributed by atoms with van der Waals surface area (Å²) in [5.74, 6) is 0.154. The summed E-state index contributed by atoms with van der Waals surface area (Å²) in [6.45, 7) is 4.62. The molecule has 0 amide bonds. The molecule has 20 heavy (non-hydrogen) atoms. The van der Waals surface area contributed by atoms with Gasteiger partial charge in [-0.3, -0.25) is 9.48 Å². The number of hydrogen-bond donors (Lipinski definition) is 0. The standard InChI is InChI=1S/C15H17ClN2OS/c1-3-18-11(15(16)9(2)17-18)8-12(19)14-7-10-5-4-6-13(10)20-14/h7H,3-6,8H2,1-2H3. The number of halogens is 1. The Hall–Kier alpha value is -1.13. The van der Waals surface area contributed by atoms with Crippen LogP contribution in [0.25, 0.3) is 0 Å². The number of ketones is 1. The lowest BCUT2D eigenvalue weighted by Gasteiger charge is -2.03. The molecule has 2 aromatic rings. The Bertz CT molecular complexity index is 650. The van der Waals surface area contributed by atoms with E-state index < -0.39 is 0 Å². The van der Waals surface area contributed by atoms with Crippen LogP contribution < -0.4 is 0 Å². The van der Waals surface area contributed by atoms with E-state index in [2.05, 4.69) is 11.2 Å². The molecule has 0 spiro atoms. The third-order valence-corrected chi connectivity index (χ3v) is 5.57. The molecule has 0 saturated heterocycles. The third-order valence-electron chi connectivity index (χ3n) is 3.80. The Labute approximate surface area is 127 Å². The van der Waals surface area contributed by atoms with Crippen LogP contribution in [0.2, 0.25) is 5.02 Å². The van der Waals surface area contributed by atoms with Crippen LogP contribution in [0, 0.1) is 6.92 Å². The predicted molar refractivity (Wildman–Crippen MR) is 82.0 cm³/mol. The van der Waals surface area contributed by atoms with Gasteiger partial charge in [0.1, 0.15) is 0 Å². The highest BCUT2D eigenvalue weighted by molar-refractivity contribution is 7.14. The van der Waals surface area contributed by atoms with Crippen LogP contribution in [0.1, 0.15) is 44.8 Å². The zero-order chi connectivity index (χ0) is 14.3. The number of Topliss-reactive ketones (excluding diaryl/α,β-unsaturated/α-hetero) is 1. The molecule has 0 fully saturated rings. The average molecular weight is 309 g/mol. The number of nitrogens with zero attached hydrogens (tertiary/aromatic N) is 2. The van der Waals surface area contributed by atoms with E-state index in [1.165, 1.54) is 16.9 Å². The number of aromatic nitrogens is 2. The number of rotatable bonds is 4. The average Bonchev–Trinajstić information content (AvgIpc) is 3.07. The number of aryl methyl sites for hydroxylation is 4. The second-order valence-corrected chi connectivity index (χ2v) is 6.69. The minimum absolute atomic E-state index is 0.154. The topological polar surface area (TPSA) is 34.9 Å². The van der Waals surface area contributed by atoms with E-state index in [9.17, 15) is 4.79 Å². The van der Waals surface area contributed by atoms with Crippen LogP contribution in [-0.2, 0) is 25.8 Å². The van der Waals surface area contributed by atoms with Gasteiger partial charge < -0.3 is 0 Å². The number of fused-ring (bicyclic) bond motifs is 1. The number of carbonyl (C=O) groups excluding carboxylic acids is 1. The molecule has 1 aliphatic rings. The molecule has 0 bridgehead atoms. The molecule has 1 aliphatic carbocycles. The maximum absolute atomic E-state index is 12.5. The molecule has 2 aromatic heterocycles. The lowest BCUT2D eigenvalue weighted by atomic mass is 10.1. The minimum Gasteiger partial charge on any atom is -0.293 e. The molecular weight excluding hydrogens is 292 g/mol. The first-order valence-corrected chi connectivity index (χ1v) is 8.16. The summed E-state index contributed by atoms with van der Waals surface area (Å²) in [7, 11) is 0. The van der Waals surface area contributed by atoms with Crippen molar-refractivity contribution in [3.8, 4) is 0 Å². The summed E-state index contributed by atoms with van der Waals surface area (Å²) in [6, 6.07) is 2.07. The molecule has 0 unspecified atom stereocenters. The van der Waals surface area contributed by atoms with E-state index in [1.54, 1.807) is 11.3 Å². The fourth-order valence-corrected chi connectivity index (χ4v) is 4.14. The van der Waals surface area contributed by atoms with Gasteiger partial charge in [-0.1, -0.05) is 11.6 Å². The molecule has 0 saturated carbocycles. The Morgan fingerprint density at radius 1 is 1.50 bits per heavy atom. The minimum atomic E-state index is 0.154. The molecule has 2 heterocycles. The highest BCUT2D eigenvalue weighted by Crippen LogP contribution is 2.32. The van der Waals surface area contributed by atoms with Crippen molar-refractivity contribution in [1.82, 2.24) is 9.78 Å². The first-order chi connectivity index (χ1) is 9.60. The van der Waals surface area contributed by atoms with E-state index in [4.69, 9.17) is 11.6 Å². The van der Waals surface area contributed by atoms with Gasteiger partial charge in [0, 0.05) is 11.4 Å². The van der Waals surface area contributed by atoms with Crippen LogP contribution in [-0.4, -0.2) is 15.6 Å². The van der Waals surface area contributed by atoms with Crippen LogP contribution in [0.3, 0.4) is 0 Å². The maximum Gasteiger partial charge on any atom is 0.178 e. The highest BCUT2D eigenvalue weighted by atomic mass is 35.5. The van der Waals surface area contributed by atoms with Crippen LogP contribution in [0.4, 0.5) is 0 Å². The molecule has 0 atom stereocenters. The molecule has 3 nitrogen and oxygen atoms in total. The second-order valence-electron chi connectivity index (χ2n) is 5.17. The molecule has 0 aromatic carbocycles. The summed E-state index contributed by atoms with van der Waals surface area (Å²) < 4.78 is 1.83. The van der Waals surface area contributed by atoms with Gasteiger partial charge in [0.25, 0.3) is 0 Å². The van der Waals surface area contributed by atoms with Crippen molar-refractivity contribution in [2.75, 3.05) is 0 Å². The second kappa shape index (κ2) is 5.34. The predicted octanol–water partition coefficient (Wildman–Crippen LogP) is 3.84. The molecule has 5 heteroatoms. The van der Waals surface area contributed by atoms with Gasteiger partial charge in [-0.15, -0.1) is 11.3 Å². The molecule has 0 aliphatic heterocycles. The lowest BCUT2D eigenvalue weighted by Crippen LogP contribution is -2.09. The molecule has 3 rings (SSSR count). The van der Waals surface area contributed by atoms with Gasteiger partial charge in [0.15, 0.2) is 5.78 Å². The quantitative estimate of drug-likeness (QED) is 0.804. The van der Waals surface area contributed by atoms with Crippen molar-refractivity contribution >= 4 is 28.7 Å². The summed E-state index contributed by atoms with van der Waals surface area (Å²) in [5, 5.41) is 4.99. The van der Waals surface area contributed by atoms with Crippen molar-refractivity contribution in [3.63, 3.8) is 0 Å². The summed E-state index contributed by atoms with van der Waals surface area (Å²) in [5.41, 5.74) is 3.00. The summed E-state index contributed by atoms with van der Waals surface area (Å²) >= 11 is 7.92. The van der Waals surface area contributed by atoms with Crippen molar-refractivity contribution in [1.29, 1.82) is 0 Å². The van der Waals surface area contributed by atoms with E-state index in [1.807, 2.05) is 18.5 Å². The van der Waals surface area contributed by atoms with Gasteiger partial charge in [-0.05, 0) is 44.7 Å². The SMILES string of the molecule is CCn1nc(C)c(Cl)c1CC(=O)c1cc2c(s1)CCC2. The highest BCUT2D eigenvalue weighted by Gasteiger charge is 2.21. The van der Waals surface area contributed by atoms with E-state index in [0.717, 1.165) is 35.7 Å². The maximum atomic E-state index is 12.5. The van der Waals surface area contributed by atoms with Crippen LogP contribution in [0.15, 0.2) is 6.07 Å². The lowest BCUT2D eigenvalue weighted by molar-refractivity contribution is 0.0994. The number of hydrogen-bond acceptors (Lipinski definition) is 3. The number of carbonyl (C=O) groups is 1. The zero-order valence-corrected chi connectivity index (χ0v) is 13.3. The van der Waals surface area contributed by atoms with Gasteiger partial charge in [0.2, 0.25) is 0 Å². The van der Waals surface area contributed by atoms with Crippen molar-refractivity contribution in [2.24, 2.45) is 0 Å². The monoisotopic (exact) mass is 308 g/mol. The first kappa shape index (κ1) is 13.8. The molecular formula is C15H17ClN2OS. The van der Waals surface area contributed by atoms with Gasteiger partial charge >= 0.3 is 0 Å². The Morgan fingerprint density at radius 3 is 3.00 bits per heavy atom. The van der Waals surface area contributed by atoms with E-state index >= 15 is 0 Å². The summed E-state index contributed by atoms with van der Waals surface area (Å²) in [6.07, 6.45) is 3.81. The van der Waals surface area contributed by atoms with Gasteiger partial charge in [-0.2, -0.15) is 5.10 Å². The largest absolute Gasteiger partial charge is 0.293 e. The van der Waals surface area contributed by atoms with Crippen molar-refractivity contribution in [2.45, 2.75) is 46.1 Å². The van der Waals surface area contributed by atoms with Crippen molar-refractivity contribution in [3.05, 3.63) is 37.8 Å². The van der Waals surface area contributed by atoms with Gasteiger partial charge in [0.05, 0.1) is 27.7 Å². The first-order valence-electron chi connectivity index (χ1n) is 6.96. The smallest absolute Gasteiger partial charge is 0.178 e. The van der Waals surface area contributed by atoms with Gasteiger partial charge in [-0.25, -0.2) is 0 Å². The molecule has 0 radical (unpaired) electrons. The summed E-state index contributed by atoms with van der Waals surface area (Å²) in [4.78, 5) is 14.7. The fraction of sp³-hybridized carbons (Fsp3) is 0.467. The Balaban J connectivity index is 1.85. The fourth-order valence-electron chi connectivity index (χ4n) is 2.74. The number of thiophene rings is 1.